The molecule has 0 spiro atoms. The van der Waals surface area contributed by atoms with Crippen molar-refractivity contribution in [2.24, 2.45) is 11.8 Å². The largest absolute Gasteiger partial charge is 0.481 e. The quantitative estimate of drug-likeness (QED) is 0.827. The second kappa shape index (κ2) is 6.89. The summed E-state index contributed by atoms with van der Waals surface area (Å²) in [6.07, 6.45) is 0. The smallest absolute Gasteiger partial charge is 0.308 e. The van der Waals surface area contributed by atoms with Gasteiger partial charge in [0, 0.05) is 11.6 Å². The molecule has 21 heavy (non-hydrogen) atoms. The van der Waals surface area contributed by atoms with Crippen LogP contribution in [0.2, 0.25) is 5.02 Å². The molecule has 0 aliphatic heterocycles. The Labute approximate surface area is 128 Å². The van der Waals surface area contributed by atoms with E-state index in [1.54, 1.807) is 19.9 Å². The van der Waals surface area contributed by atoms with E-state index in [0.717, 1.165) is 0 Å². The molecule has 0 saturated heterocycles. The highest BCUT2D eigenvalue weighted by Crippen LogP contribution is 2.20. The molecule has 1 rings (SSSR count). The van der Waals surface area contributed by atoms with Crippen molar-refractivity contribution >= 4 is 27.6 Å². The Morgan fingerprint density at radius 3 is 2.57 bits per heavy atom. The van der Waals surface area contributed by atoms with Gasteiger partial charge in [-0.1, -0.05) is 25.4 Å². The van der Waals surface area contributed by atoms with Crippen LogP contribution in [0.5, 0.6) is 0 Å². The number of hydrogen-bond acceptors (Lipinski definition) is 4. The lowest BCUT2D eigenvalue weighted by Crippen LogP contribution is -2.35. The molecule has 1 unspecified atom stereocenters. The monoisotopic (exact) mass is 330 g/mol. The summed E-state index contributed by atoms with van der Waals surface area (Å²) in [5.41, 5.74) is -0.0913. The average molecular weight is 331 g/mol. The summed E-state index contributed by atoms with van der Waals surface area (Å²) >= 11 is 5.71. The SMILES string of the molecule is CC(C)C(CNS(=O)(=O)c1ccc(Cl)cc1C#N)C(=O)O. The van der Waals surface area contributed by atoms with Crippen molar-refractivity contribution in [1.29, 1.82) is 5.26 Å². The Morgan fingerprint density at radius 1 is 1.48 bits per heavy atom. The molecule has 6 nitrogen and oxygen atoms in total. The van der Waals surface area contributed by atoms with Crippen LogP contribution in [0.15, 0.2) is 23.1 Å². The maximum atomic E-state index is 12.2. The standard InChI is InChI=1S/C13H15ClN2O4S/c1-8(2)11(13(17)18)7-16-21(19,20)12-4-3-10(14)5-9(12)6-15/h3-5,8,11,16H,7H2,1-2H3,(H,17,18). The summed E-state index contributed by atoms with van der Waals surface area (Å²) in [5, 5.41) is 18.3. The van der Waals surface area contributed by atoms with Gasteiger partial charge in [0.25, 0.3) is 0 Å². The number of nitrogens with one attached hydrogen (secondary N) is 1. The van der Waals surface area contributed by atoms with E-state index in [-0.39, 0.29) is 27.9 Å². The normalized spacial score (nSPS) is 12.9. The number of sulfonamides is 1. The van der Waals surface area contributed by atoms with Gasteiger partial charge in [0.15, 0.2) is 0 Å². The molecule has 0 fully saturated rings. The summed E-state index contributed by atoms with van der Waals surface area (Å²) < 4.78 is 26.6. The number of nitriles is 1. The van der Waals surface area contributed by atoms with Gasteiger partial charge in [-0.3, -0.25) is 4.79 Å². The first-order valence-corrected chi connectivity index (χ1v) is 7.97. The molecule has 0 aliphatic rings. The Bertz CT molecular complexity index is 680. The van der Waals surface area contributed by atoms with Crippen molar-refractivity contribution in [2.75, 3.05) is 6.54 Å². The summed E-state index contributed by atoms with van der Waals surface area (Å²) in [5.74, 6) is -2.16. The minimum Gasteiger partial charge on any atom is -0.481 e. The van der Waals surface area contributed by atoms with E-state index in [4.69, 9.17) is 22.0 Å². The molecule has 0 bridgehead atoms. The van der Waals surface area contributed by atoms with E-state index in [9.17, 15) is 13.2 Å². The highest BCUT2D eigenvalue weighted by molar-refractivity contribution is 7.89. The van der Waals surface area contributed by atoms with Crippen molar-refractivity contribution in [3.63, 3.8) is 0 Å². The minimum absolute atomic E-state index is 0.0913. The number of benzene rings is 1. The number of rotatable bonds is 6. The highest BCUT2D eigenvalue weighted by atomic mass is 35.5. The van der Waals surface area contributed by atoms with Crippen LogP contribution in [0.3, 0.4) is 0 Å². The first-order chi connectivity index (χ1) is 9.69. The second-order valence-electron chi connectivity index (χ2n) is 4.79. The van der Waals surface area contributed by atoms with E-state index >= 15 is 0 Å². The van der Waals surface area contributed by atoms with E-state index in [2.05, 4.69) is 4.72 Å². The molecule has 0 aromatic heterocycles. The number of carbonyl (C=O) groups is 1. The van der Waals surface area contributed by atoms with Crippen LogP contribution in [0.25, 0.3) is 0 Å². The molecule has 0 saturated carbocycles. The van der Waals surface area contributed by atoms with Crippen LogP contribution in [-0.4, -0.2) is 26.0 Å². The number of carboxylic acids is 1. The fourth-order valence-corrected chi connectivity index (χ4v) is 3.08. The van der Waals surface area contributed by atoms with Gasteiger partial charge in [-0.15, -0.1) is 0 Å². The Morgan fingerprint density at radius 2 is 2.10 bits per heavy atom. The van der Waals surface area contributed by atoms with Crippen molar-refractivity contribution in [3.8, 4) is 6.07 Å². The van der Waals surface area contributed by atoms with Crippen molar-refractivity contribution in [3.05, 3.63) is 28.8 Å². The Kier molecular flexibility index (Phi) is 5.72. The summed E-state index contributed by atoms with van der Waals surface area (Å²) in [7, 11) is -3.98. The molecule has 2 N–H and O–H groups in total. The molecule has 0 radical (unpaired) electrons. The number of nitrogens with zero attached hydrogens (tertiary/aromatic N) is 1. The van der Waals surface area contributed by atoms with Crippen molar-refractivity contribution < 1.29 is 18.3 Å². The van der Waals surface area contributed by atoms with Gasteiger partial charge in [0.1, 0.15) is 6.07 Å². The lowest BCUT2D eigenvalue weighted by atomic mass is 9.97. The third-order valence-electron chi connectivity index (χ3n) is 2.97. The Hall–Kier alpha value is -1.62. The molecule has 8 heteroatoms. The third kappa shape index (κ3) is 4.43. The van der Waals surface area contributed by atoms with Crippen LogP contribution in [0.4, 0.5) is 0 Å². The zero-order chi connectivity index (χ0) is 16.2. The fraction of sp³-hybridized carbons (Fsp3) is 0.385. The van der Waals surface area contributed by atoms with Crippen LogP contribution in [0.1, 0.15) is 19.4 Å². The number of halogens is 1. The van der Waals surface area contributed by atoms with E-state index in [1.807, 2.05) is 0 Å². The third-order valence-corrected chi connectivity index (χ3v) is 4.68. The number of hydrogen-bond donors (Lipinski definition) is 2. The Balaban J connectivity index is 3.03. The summed E-state index contributed by atoms with van der Waals surface area (Å²) in [6.45, 7) is 3.13. The predicted molar refractivity (Wildman–Crippen MR) is 77.3 cm³/mol. The molecule has 0 heterocycles. The molecule has 1 atom stereocenters. The first kappa shape index (κ1) is 17.4. The lowest BCUT2D eigenvalue weighted by Gasteiger charge is -2.17. The van der Waals surface area contributed by atoms with Crippen molar-refractivity contribution in [1.82, 2.24) is 4.72 Å². The van der Waals surface area contributed by atoms with Gasteiger partial charge in [-0.2, -0.15) is 5.26 Å². The van der Waals surface area contributed by atoms with Gasteiger partial charge in [-0.25, -0.2) is 13.1 Å². The first-order valence-electron chi connectivity index (χ1n) is 6.11. The molecule has 1 aromatic rings. The molecule has 0 amide bonds. The second-order valence-corrected chi connectivity index (χ2v) is 6.96. The zero-order valence-corrected chi connectivity index (χ0v) is 13.1. The van der Waals surface area contributed by atoms with E-state index in [0.29, 0.717) is 0 Å². The van der Waals surface area contributed by atoms with Crippen LogP contribution in [0, 0.1) is 23.2 Å². The lowest BCUT2D eigenvalue weighted by molar-refractivity contribution is -0.142. The average Bonchev–Trinajstić information content (AvgIpc) is 2.37. The topological polar surface area (TPSA) is 107 Å². The summed E-state index contributed by atoms with van der Waals surface area (Å²) in [4.78, 5) is 10.8. The summed E-state index contributed by atoms with van der Waals surface area (Å²) in [6, 6.07) is 5.57. The predicted octanol–water partition coefficient (Wildman–Crippen LogP) is 1.85. The zero-order valence-electron chi connectivity index (χ0n) is 11.5. The number of aliphatic carboxylic acids is 1. The van der Waals surface area contributed by atoms with Crippen LogP contribution in [-0.2, 0) is 14.8 Å². The number of carboxylic acid groups (broad SMARTS) is 1. The molecular weight excluding hydrogens is 316 g/mol. The molecular formula is C13H15ClN2O4S. The van der Waals surface area contributed by atoms with Gasteiger partial charge in [0.05, 0.1) is 16.4 Å². The van der Waals surface area contributed by atoms with Gasteiger partial charge >= 0.3 is 5.97 Å². The highest BCUT2D eigenvalue weighted by Gasteiger charge is 2.25. The van der Waals surface area contributed by atoms with Gasteiger partial charge < -0.3 is 5.11 Å². The molecule has 1 aromatic carbocycles. The fourth-order valence-electron chi connectivity index (χ4n) is 1.71. The van der Waals surface area contributed by atoms with Crippen LogP contribution >= 0.6 is 11.6 Å². The van der Waals surface area contributed by atoms with Crippen LogP contribution < -0.4 is 4.72 Å². The van der Waals surface area contributed by atoms with Crippen molar-refractivity contribution in [2.45, 2.75) is 18.7 Å². The minimum atomic E-state index is -3.98. The van der Waals surface area contributed by atoms with E-state index in [1.165, 1.54) is 18.2 Å². The maximum Gasteiger partial charge on any atom is 0.308 e. The molecule has 114 valence electrons. The van der Waals surface area contributed by atoms with Gasteiger partial charge in [-0.05, 0) is 24.1 Å². The molecule has 0 aliphatic carbocycles. The maximum absolute atomic E-state index is 12.2. The van der Waals surface area contributed by atoms with E-state index < -0.39 is 21.9 Å². The van der Waals surface area contributed by atoms with Gasteiger partial charge in [0.2, 0.25) is 10.0 Å².